The van der Waals surface area contributed by atoms with E-state index in [4.69, 9.17) is 4.74 Å². The molecule has 0 radical (unpaired) electrons. The van der Waals surface area contributed by atoms with Gasteiger partial charge in [-0.2, -0.15) is 0 Å². The van der Waals surface area contributed by atoms with Crippen LogP contribution in [0, 0.1) is 0 Å². The number of likely N-dealkylation sites (tertiary alicyclic amines) is 1. The Balaban J connectivity index is 1.94. The summed E-state index contributed by atoms with van der Waals surface area (Å²) in [4.78, 5) is 38.1. The number of hydrazine groups is 1. The number of rotatable bonds is 2. The van der Waals surface area contributed by atoms with Crippen LogP contribution in [0.3, 0.4) is 0 Å². The summed E-state index contributed by atoms with van der Waals surface area (Å²) < 4.78 is 7.72. The summed E-state index contributed by atoms with van der Waals surface area (Å²) in [6.45, 7) is 5.77. The maximum Gasteiger partial charge on any atom is 0.410 e. The summed E-state index contributed by atoms with van der Waals surface area (Å²) in [5.74, 6) is -0.881. The second kappa shape index (κ2) is 7.47. The lowest BCUT2D eigenvalue weighted by molar-refractivity contribution is -0.126. The zero-order valence-electron chi connectivity index (χ0n) is 14.8. The Hall–Kier alpha value is -2.03. The van der Waals surface area contributed by atoms with Gasteiger partial charge >= 0.3 is 6.09 Å². The third-order valence-corrected chi connectivity index (χ3v) is 4.12. The van der Waals surface area contributed by atoms with Crippen molar-refractivity contribution in [3.63, 3.8) is 0 Å². The van der Waals surface area contributed by atoms with Crippen molar-refractivity contribution < 1.29 is 19.1 Å². The van der Waals surface area contributed by atoms with E-state index in [9.17, 15) is 14.4 Å². The Kier molecular flexibility index (Phi) is 5.76. The van der Waals surface area contributed by atoms with Gasteiger partial charge in [0.2, 0.25) is 0 Å². The number of carbonyl (C=O) groups excluding carboxylic acids is 3. The van der Waals surface area contributed by atoms with Crippen molar-refractivity contribution in [2.24, 2.45) is 7.05 Å². The van der Waals surface area contributed by atoms with Gasteiger partial charge < -0.3 is 9.30 Å². The molecule has 1 atom stereocenters. The number of amides is 3. The van der Waals surface area contributed by atoms with Gasteiger partial charge in [-0.1, -0.05) is 0 Å². The van der Waals surface area contributed by atoms with Crippen LogP contribution < -0.4 is 10.9 Å². The van der Waals surface area contributed by atoms with E-state index in [1.165, 1.54) is 4.90 Å². The first-order valence-corrected chi connectivity index (χ1v) is 8.79. The smallest absolute Gasteiger partial charge is 0.410 e. The number of aryl methyl sites for hydroxylation is 1. The molecule has 1 saturated heterocycles. The molecule has 1 aliphatic heterocycles. The van der Waals surface area contributed by atoms with Gasteiger partial charge in [0.25, 0.3) is 11.8 Å². The van der Waals surface area contributed by atoms with Crippen LogP contribution >= 0.6 is 15.9 Å². The minimum Gasteiger partial charge on any atom is -0.444 e. The topological polar surface area (TPSA) is 92.7 Å². The van der Waals surface area contributed by atoms with E-state index in [1.807, 2.05) is 0 Å². The monoisotopic (exact) mass is 414 g/mol. The highest BCUT2D eigenvalue weighted by molar-refractivity contribution is 9.10. The summed E-state index contributed by atoms with van der Waals surface area (Å²) >= 11 is 3.29. The number of nitrogens with zero attached hydrogens (tertiary/aromatic N) is 2. The van der Waals surface area contributed by atoms with Gasteiger partial charge in [-0.15, -0.1) is 0 Å². The fourth-order valence-corrected chi connectivity index (χ4v) is 3.12. The Bertz CT molecular complexity index is 680. The summed E-state index contributed by atoms with van der Waals surface area (Å²) in [6, 6.07) is 0.986. The molecule has 0 saturated carbocycles. The van der Waals surface area contributed by atoms with E-state index in [0.717, 1.165) is 4.47 Å². The second-order valence-corrected chi connectivity index (χ2v) is 7.85. The third-order valence-electron chi connectivity index (χ3n) is 3.69. The van der Waals surface area contributed by atoms with Gasteiger partial charge in [-0.25, -0.2) is 4.79 Å². The Morgan fingerprint density at radius 2 is 1.96 bits per heavy atom. The van der Waals surface area contributed by atoms with Crippen LogP contribution in [0.1, 0.15) is 44.1 Å². The maximum absolute atomic E-state index is 12.4. The molecule has 8 nitrogen and oxygen atoms in total. The van der Waals surface area contributed by atoms with E-state index in [2.05, 4.69) is 26.8 Å². The SMILES string of the molecule is Cn1cc(Br)cc1C(=O)NNC(=O)[C@@H]1CCCN1C(=O)OC(C)(C)C. The Labute approximate surface area is 155 Å². The molecule has 1 fully saturated rings. The molecule has 0 aromatic carbocycles. The average Bonchev–Trinajstić information content (AvgIpc) is 3.09. The average molecular weight is 415 g/mol. The first-order chi connectivity index (χ1) is 11.6. The van der Waals surface area contributed by atoms with Crippen molar-refractivity contribution in [1.29, 1.82) is 0 Å². The lowest BCUT2D eigenvalue weighted by atomic mass is 10.2. The molecule has 2 N–H and O–H groups in total. The van der Waals surface area contributed by atoms with E-state index in [0.29, 0.717) is 25.1 Å². The van der Waals surface area contributed by atoms with E-state index in [1.54, 1.807) is 44.6 Å². The van der Waals surface area contributed by atoms with Gasteiger partial charge in [-0.3, -0.25) is 25.3 Å². The van der Waals surface area contributed by atoms with Crippen LogP contribution in [0.4, 0.5) is 4.79 Å². The van der Waals surface area contributed by atoms with Gasteiger partial charge in [0.05, 0.1) is 0 Å². The van der Waals surface area contributed by atoms with E-state index >= 15 is 0 Å². The predicted octanol–water partition coefficient (Wildman–Crippen LogP) is 1.95. The normalized spacial score (nSPS) is 17.3. The lowest BCUT2D eigenvalue weighted by Gasteiger charge is -2.28. The van der Waals surface area contributed by atoms with Crippen LogP contribution in [-0.4, -0.2) is 45.6 Å². The molecule has 1 aromatic heterocycles. The Morgan fingerprint density at radius 1 is 1.28 bits per heavy atom. The number of ether oxygens (including phenoxy) is 1. The molecule has 0 aliphatic carbocycles. The number of aromatic nitrogens is 1. The Morgan fingerprint density at radius 3 is 2.52 bits per heavy atom. The number of halogens is 1. The summed E-state index contributed by atoms with van der Waals surface area (Å²) in [6.07, 6.45) is 2.44. The molecule has 1 aromatic rings. The van der Waals surface area contributed by atoms with Crippen LogP contribution in [0.2, 0.25) is 0 Å². The molecule has 0 unspecified atom stereocenters. The molecule has 0 spiro atoms. The van der Waals surface area contributed by atoms with Crippen LogP contribution in [0.15, 0.2) is 16.7 Å². The van der Waals surface area contributed by atoms with Gasteiger partial charge in [-0.05, 0) is 55.6 Å². The van der Waals surface area contributed by atoms with Crippen molar-refractivity contribution in [2.45, 2.75) is 45.3 Å². The molecular weight excluding hydrogens is 392 g/mol. The first-order valence-electron chi connectivity index (χ1n) is 8.00. The predicted molar refractivity (Wildman–Crippen MR) is 94.7 cm³/mol. The summed E-state index contributed by atoms with van der Waals surface area (Å²) in [5, 5.41) is 0. The van der Waals surface area contributed by atoms with Crippen molar-refractivity contribution in [3.05, 3.63) is 22.4 Å². The standard InChI is InChI=1S/C16H23BrN4O4/c1-16(2,3)25-15(24)21-7-5-6-11(21)13(22)18-19-14(23)12-8-10(17)9-20(12)4/h8-9,11H,5-7H2,1-4H3,(H,18,22)(H,19,23)/t11-/m0/s1. The quantitative estimate of drug-likeness (QED) is 0.723. The first kappa shape index (κ1) is 19.3. The van der Waals surface area contributed by atoms with Gasteiger partial charge in [0.15, 0.2) is 0 Å². The fourth-order valence-electron chi connectivity index (χ4n) is 2.59. The van der Waals surface area contributed by atoms with E-state index in [-0.39, 0.29) is 0 Å². The van der Waals surface area contributed by atoms with Crippen molar-refractivity contribution in [3.8, 4) is 0 Å². The number of nitrogens with one attached hydrogen (secondary N) is 2. The number of hydrogen-bond donors (Lipinski definition) is 2. The van der Waals surface area contributed by atoms with Crippen LogP contribution in [0.25, 0.3) is 0 Å². The molecular formula is C16H23BrN4O4. The molecule has 9 heteroatoms. The van der Waals surface area contributed by atoms with Crippen molar-refractivity contribution >= 4 is 33.8 Å². The highest BCUT2D eigenvalue weighted by Gasteiger charge is 2.36. The van der Waals surface area contributed by atoms with Crippen LogP contribution in [0.5, 0.6) is 0 Å². The molecule has 2 rings (SSSR count). The van der Waals surface area contributed by atoms with E-state index < -0.39 is 29.6 Å². The zero-order valence-corrected chi connectivity index (χ0v) is 16.3. The molecule has 2 heterocycles. The summed E-state index contributed by atoms with van der Waals surface area (Å²) in [7, 11) is 1.72. The molecule has 3 amide bonds. The molecule has 138 valence electrons. The van der Waals surface area contributed by atoms with Gasteiger partial charge in [0, 0.05) is 24.3 Å². The zero-order chi connectivity index (χ0) is 18.8. The number of hydrogen-bond acceptors (Lipinski definition) is 4. The van der Waals surface area contributed by atoms with Gasteiger partial charge in [0.1, 0.15) is 17.3 Å². The summed E-state index contributed by atoms with van der Waals surface area (Å²) in [5.41, 5.74) is 4.53. The van der Waals surface area contributed by atoms with Crippen LogP contribution in [-0.2, 0) is 16.6 Å². The minimum atomic E-state index is -0.657. The third kappa shape index (κ3) is 4.97. The highest BCUT2D eigenvalue weighted by atomic mass is 79.9. The molecule has 0 bridgehead atoms. The number of carbonyl (C=O) groups is 3. The largest absolute Gasteiger partial charge is 0.444 e. The minimum absolute atomic E-state index is 0.391. The molecule has 1 aliphatic rings. The van der Waals surface area contributed by atoms with Crippen molar-refractivity contribution in [2.75, 3.05) is 6.54 Å². The fraction of sp³-hybridized carbons (Fsp3) is 0.562. The highest BCUT2D eigenvalue weighted by Crippen LogP contribution is 2.21. The maximum atomic E-state index is 12.4. The molecule has 25 heavy (non-hydrogen) atoms. The lowest BCUT2D eigenvalue weighted by Crippen LogP contribution is -2.52. The van der Waals surface area contributed by atoms with Crippen molar-refractivity contribution in [1.82, 2.24) is 20.3 Å². The second-order valence-electron chi connectivity index (χ2n) is 6.93.